The first-order chi connectivity index (χ1) is 13.5. The highest BCUT2D eigenvalue weighted by Crippen LogP contribution is 2.40. The molecule has 0 spiro atoms. The standard InChI is InChI=1S/C22H27BrN4O/c1-24-22(26-20-14-19(20)16-7-9-18(23)10-8-16)25-12-11-15-5-4-6-17(13-15)21(28)27(2)3/h4-10,13,19-20H,11-12,14H2,1-3H3,(H2,24,25,26). The van der Waals surface area contributed by atoms with Crippen LogP contribution in [0.2, 0.25) is 0 Å². The SMILES string of the molecule is CN=C(NCCc1cccc(C(=O)N(C)C)c1)NC1CC1c1ccc(Br)cc1. The van der Waals surface area contributed by atoms with E-state index in [1.807, 2.05) is 18.2 Å². The number of carbonyl (C=O) groups is 1. The summed E-state index contributed by atoms with van der Waals surface area (Å²) in [6.07, 6.45) is 1.95. The van der Waals surface area contributed by atoms with Crippen molar-refractivity contribution in [1.82, 2.24) is 15.5 Å². The first-order valence-corrected chi connectivity index (χ1v) is 10.3. The molecule has 2 unspecified atom stereocenters. The van der Waals surface area contributed by atoms with Gasteiger partial charge < -0.3 is 15.5 Å². The number of benzene rings is 2. The molecule has 1 amide bonds. The molecule has 0 aromatic heterocycles. The minimum absolute atomic E-state index is 0.0278. The Bertz CT molecular complexity index is 848. The molecule has 0 bridgehead atoms. The fraction of sp³-hybridized carbons (Fsp3) is 0.364. The van der Waals surface area contributed by atoms with Crippen LogP contribution in [0.4, 0.5) is 0 Å². The molecule has 5 nitrogen and oxygen atoms in total. The molecule has 0 aliphatic heterocycles. The fourth-order valence-corrected chi connectivity index (χ4v) is 3.51. The Hall–Kier alpha value is -2.34. The summed E-state index contributed by atoms with van der Waals surface area (Å²) in [5.41, 5.74) is 3.22. The molecule has 0 heterocycles. The minimum Gasteiger partial charge on any atom is -0.356 e. The average Bonchev–Trinajstić information content (AvgIpc) is 3.46. The van der Waals surface area contributed by atoms with Gasteiger partial charge >= 0.3 is 0 Å². The summed E-state index contributed by atoms with van der Waals surface area (Å²) in [4.78, 5) is 18.0. The van der Waals surface area contributed by atoms with E-state index in [9.17, 15) is 4.79 Å². The third kappa shape index (κ3) is 5.35. The van der Waals surface area contributed by atoms with E-state index in [-0.39, 0.29) is 5.91 Å². The molecule has 2 atom stereocenters. The normalized spacial score (nSPS) is 18.5. The van der Waals surface area contributed by atoms with Crippen molar-refractivity contribution in [2.24, 2.45) is 4.99 Å². The van der Waals surface area contributed by atoms with Gasteiger partial charge in [-0.3, -0.25) is 9.79 Å². The molecular weight excluding hydrogens is 416 g/mol. The molecular formula is C22H27BrN4O. The van der Waals surface area contributed by atoms with E-state index in [4.69, 9.17) is 0 Å². The Morgan fingerprint density at radius 3 is 2.64 bits per heavy atom. The van der Waals surface area contributed by atoms with Gasteiger partial charge in [0.15, 0.2) is 5.96 Å². The van der Waals surface area contributed by atoms with Crippen molar-refractivity contribution in [3.05, 3.63) is 69.7 Å². The third-order valence-corrected chi connectivity index (χ3v) is 5.45. The molecule has 0 saturated heterocycles. The highest BCUT2D eigenvalue weighted by molar-refractivity contribution is 9.10. The van der Waals surface area contributed by atoms with E-state index >= 15 is 0 Å². The Morgan fingerprint density at radius 1 is 1.21 bits per heavy atom. The van der Waals surface area contributed by atoms with Gasteiger partial charge in [-0.15, -0.1) is 0 Å². The van der Waals surface area contributed by atoms with Crippen LogP contribution in [-0.4, -0.2) is 50.5 Å². The van der Waals surface area contributed by atoms with E-state index in [0.29, 0.717) is 12.0 Å². The summed E-state index contributed by atoms with van der Waals surface area (Å²) in [6.45, 7) is 0.759. The van der Waals surface area contributed by atoms with Gasteiger partial charge in [0.05, 0.1) is 0 Å². The molecule has 6 heteroatoms. The number of hydrogen-bond donors (Lipinski definition) is 2. The lowest BCUT2D eigenvalue weighted by Gasteiger charge is -2.13. The number of aliphatic imine (C=N–C) groups is 1. The molecule has 2 aromatic rings. The third-order valence-electron chi connectivity index (χ3n) is 4.92. The van der Waals surface area contributed by atoms with Crippen molar-refractivity contribution in [1.29, 1.82) is 0 Å². The molecule has 2 N–H and O–H groups in total. The van der Waals surface area contributed by atoms with Gasteiger partial charge in [0.2, 0.25) is 0 Å². The van der Waals surface area contributed by atoms with Gasteiger partial charge in [-0.1, -0.05) is 40.2 Å². The number of guanidine groups is 1. The summed E-state index contributed by atoms with van der Waals surface area (Å²) in [5.74, 6) is 1.39. The van der Waals surface area contributed by atoms with Crippen molar-refractivity contribution < 1.29 is 4.79 Å². The van der Waals surface area contributed by atoms with Gasteiger partial charge in [0.25, 0.3) is 5.91 Å². The minimum atomic E-state index is 0.0278. The zero-order valence-corrected chi connectivity index (χ0v) is 18.2. The van der Waals surface area contributed by atoms with Crippen molar-refractivity contribution in [2.75, 3.05) is 27.7 Å². The predicted octanol–water partition coefficient (Wildman–Crippen LogP) is 3.41. The summed E-state index contributed by atoms with van der Waals surface area (Å²) in [5, 5.41) is 6.88. The number of amides is 1. The van der Waals surface area contributed by atoms with Crippen LogP contribution in [0.3, 0.4) is 0 Å². The van der Waals surface area contributed by atoms with Gasteiger partial charge in [0, 0.05) is 49.7 Å². The van der Waals surface area contributed by atoms with Crippen LogP contribution in [0.15, 0.2) is 58.0 Å². The Kier molecular flexibility index (Phi) is 6.73. The fourth-order valence-electron chi connectivity index (χ4n) is 3.25. The van der Waals surface area contributed by atoms with Crippen LogP contribution in [0.5, 0.6) is 0 Å². The van der Waals surface area contributed by atoms with Crippen molar-refractivity contribution >= 4 is 27.8 Å². The van der Waals surface area contributed by atoms with E-state index < -0.39 is 0 Å². The lowest BCUT2D eigenvalue weighted by Crippen LogP contribution is -2.39. The molecule has 0 radical (unpaired) electrons. The summed E-state index contributed by atoms with van der Waals surface area (Å²) in [7, 11) is 5.33. The number of halogens is 1. The first-order valence-electron chi connectivity index (χ1n) is 9.51. The summed E-state index contributed by atoms with van der Waals surface area (Å²) < 4.78 is 1.11. The number of nitrogens with one attached hydrogen (secondary N) is 2. The summed E-state index contributed by atoms with van der Waals surface area (Å²) in [6, 6.07) is 16.8. The van der Waals surface area contributed by atoms with Crippen LogP contribution < -0.4 is 10.6 Å². The van der Waals surface area contributed by atoms with Gasteiger partial charge in [-0.05, 0) is 48.2 Å². The van der Waals surface area contributed by atoms with Crippen LogP contribution >= 0.6 is 15.9 Å². The Morgan fingerprint density at radius 2 is 1.96 bits per heavy atom. The second-order valence-electron chi connectivity index (χ2n) is 7.29. The number of nitrogens with zero attached hydrogens (tertiary/aromatic N) is 2. The van der Waals surface area contributed by atoms with Crippen LogP contribution in [0.1, 0.15) is 33.8 Å². The number of carbonyl (C=O) groups excluding carboxylic acids is 1. The van der Waals surface area contributed by atoms with Crippen LogP contribution in [0, 0.1) is 0 Å². The molecule has 28 heavy (non-hydrogen) atoms. The van der Waals surface area contributed by atoms with E-state index in [2.05, 4.69) is 61.9 Å². The Labute approximate surface area is 175 Å². The maximum atomic E-state index is 12.1. The maximum absolute atomic E-state index is 12.1. The van der Waals surface area contributed by atoms with E-state index in [1.54, 1.807) is 26.0 Å². The lowest BCUT2D eigenvalue weighted by atomic mass is 10.1. The zero-order valence-electron chi connectivity index (χ0n) is 16.6. The van der Waals surface area contributed by atoms with Crippen molar-refractivity contribution in [2.45, 2.75) is 24.8 Å². The van der Waals surface area contributed by atoms with Gasteiger partial charge in [0.1, 0.15) is 0 Å². The number of rotatable bonds is 6. The van der Waals surface area contributed by atoms with Gasteiger partial charge in [-0.25, -0.2) is 0 Å². The van der Waals surface area contributed by atoms with Crippen molar-refractivity contribution in [3.8, 4) is 0 Å². The highest BCUT2D eigenvalue weighted by Gasteiger charge is 2.38. The quantitative estimate of drug-likeness (QED) is 0.532. The smallest absolute Gasteiger partial charge is 0.253 e. The second kappa shape index (κ2) is 9.24. The zero-order chi connectivity index (χ0) is 20.1. The predicted molar refractivity (Wildman–Crippen MR) is 118 cm³/mol. The molecule has 1 aliphatic rings. The largest absolute Gasteiger partial charge is 0.356 e. The maximum Gasteiger partial charge on any atom is 0.253 e. The van der Waals surface area contributed by atoms with Crippen molar-refractivity contribution in [3.63, 3.8) is 0 Å². The van der Waals surface area contributed by atoms with Gasteiger partial charge in [-0.2, -0.15) is 0 Å². The average molecular weight is 443 g/mol. The first kappa shape index (κ1) is 20.4. The topological polar surface area (TPSA) is 56.7 Å². The van der Waals surface area contributed by atoms with Crippen LogP contribution in [0.25, 0.3) is 0 Å². The molecule has 2 aromatic carbocycles. The van der Waals surface area contributed by atoms with E-state index in [1.165, 1.54) is 5.56 Å². The molecule has 3 rings (SSSR count). The summed E-state index contributed by atoms with van der Waals surface area (Å²) >= 11 is 3.48. The molecule has 148 valence electrons. The Balaban J connectivity index is 1.47. The number of hydrogen-bond acceptors (Lipinski definition) is 2. The van der Waals surface area contributed by atoms with Crippen LogP contribution in [-0.2, 0) is 6.42 Å². The second-order valence-corrected chi connectivity index (χ2v) is 8.21. The molecule has 1 aliphatic carbocycles. The molecule has 1 fully saturated rings. The van der Waals surface area contributed by atoms with E-state index in [0.717, 1.165) is 40.9 Å². The lowest BCUT2D eigenvalue weighted by molar-refractivity contribution is 0.0827. The highest BCUT2D eigenvalue weighted by atomic mass is 79.9. The molecule has 1 saturated carbocycles. The monoisotopic (exact) mass is 442 g/mol.